The molecule has 0 aromatic carbocycles. The molecule has 1 aromatic heterocycles. The smallest absolute Gasteiger partial charge is 0.333 e. The zero-order valence-corrected chi connectivity index (χ0v) is 7.60. The highest BCUT2D eigenvalue weighted by Crippen LogP contribution is 1.96. The zero-order valence-electron chi connectivity index (χ0n) is 7.60. The Hall–Kier alpha value is -1.65. The summed E-state index contributed by atoms with van der Waals surface area (Å²) in [5, 5.41) is 3.88. The van der Waals surface area contributed by atoms with E-state index in [4.69, 9.17) is 0 Å². The quantitative estimate of drug-likeness (QED) is 0.500. The lowest BCUT2D eigenvalue weighted by atomic mass is 10.3. The summed E-state index contributed by atoms with van der Waals surface area (Å²) in [6, 6.07) is 0. The molecule has 0 aliphatic carbocycles. The van der Waals surface area contributed by atoms with Gasteiger partial charge in [0.05, 0.1) is 13.7 Å². The van der Waals surface area contributed by atoms with Gasteiger partial charge >= 0.3 is 5.97 Å². The molecule has 0 amide bonds. The minimum Gasteiger partial charge on any atom is -0.466 e. The molecular weight excluding hydrogens is 170 g/mol. The van der Waals surface area contributed by atoms with Crippen molar-refractivity contribution in [3.8, 4) is 0 Å². The van der Waals surface area contributed by atoms with E-state index in [0.29, 0.717) is 12.1 Å². The Morgan fingerprint density at radius 2 is 2.46 bits per heavy atom. The summed E-state index contributed by atoms with van der Waals surface area (Å²) in [6.45, 7) is 2.23. The van der Waals surface area contributed by atoms with Crippen LogP contribution in [0.3, 0.4) is 0 Å². The lowest BCUT2D eigenvalue weighted by Gasteiger charge is -1.98. The van der Waals surface area contributed by atoms with Gasteiger partial charge in [-0.2, -0.15) is 5.10 Å². The second kappa shape index (κ2) is 4.39. The highest BCUT2D eigenvalue weighted by atomic mass is 16.5. The first-order valence-electron chi connectivity index (χ1n) is 3.81. The standard InChI is InChI=1S/C8H11N3O2/c1-7(8(12)13-2)3-4-11-6-9-5-10-11/h3,5-6H,4H2,1-2H3. The first kappa shape index (κ1) is 9.44. The van der Waals surface area contributed by atoms with Crippen LogP contribution in [0.1, 0.15) is 6.92 Å². The first-order chi connectivity index (χ1) is 6.24. The molecule has 0 N–H and O–H groups in total. The van der Waals surface area contributed by atoms with Crippen molar-refractivity contribution in [2.75, 3.05) is 7.11 Å². The van der Waals surface area contributed by atoms with Crippen molar-refractivity contribution in [2.45, 2.75) is 13.5 Å². The molecule has 70 valence electrons. The monoisotopic (exact) mass is 181 g/mol. The van der Waals surface area contributed by atoms with Gasteiger partial charge in [0.25, 0.3) is 0 Å². The number of methoxy groups -OCH3 is 1. The Labute approximate surface area is 76.0 Å². The highest BCUT2D eigenvalue weighted by molar-refractivity contribution is 5.87. The van der Waals surface area contributed by atoms with Crippen LogP contribution in [0.15, 0.2) is 24.3 Å². The number of hydrogen-bond acceptors (Lipinski definition) is 4. The molecule has 0 bridgehead atoms. The Kier molecular flexibility index (Phi) is 3.19. The Morgan fingerprint density at radius 3 is 3.00 bits per heavy atom. The summed E-state index contributed by atoms with van der Waals surface area (Å²) in [5.41, 5.74) is 0.568. The minimum atomic E-state index is -0.319. The van der Waals surface area contributed by atoms with Gasteiger partial charge in [0.15, 0.2) is 0 Å². The van der Waals surface area contributed by atoms with Crippen LogP contribution in [-0.2, 0) is 16.1 Å². The summed E-state index contributed by atoms with van der Waals surface area (Å²) < 4.78 is 6.15. The van der Waals surface area contributed by atoms with Crippen LogP contribution in [0.4, 0.5) is 0 Å². The Morgan fingerprint density at radius 1 is 1.69 bits per heavy atom. The molecule has 5 heteroatoms. The van der Waals surface area contributed by atoms with Gasteiger partial charge < -0.3 is 4.74 Å². The third-order valence-corrected chi connectivity index (χ3v) is 1.56. The summed E-state index contributed by atoms with van der Waals surface area (Å²) in [6.07, 6.45) is 4.77. The average molecular weight is 181 g/mol. The van der Waals surface area contributed by atoms with E-state index < -0.39 is 0 Å². The van der Waals surface area contributed by atoms with Gasteiger partial charge in [0, 0.05) is 5.57 Å². The topological polar surface area (TPSA) is 57.0 Å². The van der Waals surface area contributed by atoms with E-state index in [2.05, 4.69) is 14.8 Å². The summed E-state index contributed by atoms with van der Waals surface area (Å²) in [5.74, 6) is -0.319. The number of ether oxygens (including phenoxy) is 1. The SMILES string of the molecule is COC(=O)C(C)=CCn1cncn1. The molecule has 0 unspecified atom stereocenters. The molecule has 0 saturated carbocycles. The van der Waals surface area contributed by atoms with Gasteiger partial charge in [-0.15, -0.1) is 0 Å². The third kappa shape index (κ3) is 2.70. The largest absolute Gasteiger partial charge is 0.466 e. The van der Waals surface area contributed by atoms with Gasteiger partial charge in [-0.1, -0.05) is 6.08 Å². The maximum atomic E-state index is 10.9. The number of carbonyl (C=O) groups is 1. The van der Waals surface area contributed by atoms with E-state index in [1.807, 2.05) is 0 Å². The predicted octanol–water partition coefficient (Wildman–Crippen LogP) is 0.397. The number of nitrogens with zero attached hydrogens (tertiary/aromatic N) is 3. The lowest BCUT2D eigenvalue weighted by Crippen LogP contribution is -2.03. The van der Waals surface area contributed by atoms with Crippen molar-refractivity contribution in [1.82, 2.24) is 14.8 Å². The third-order valence-electron chi connectivity index (χ3n) is 1.56. The van der Waals surface area contributed by atoms with Crippen molar-refractivity contribution in [1.29, 1.82) is 0 Å². The molecule has 0 radical (unpaired) electrons. The molecule has 0 saturated heterocycles. The summed E-state index contributed by atoms with van der Waals surface area (Å²) in [4.78, 5) is 14.7. The molecular formula is C8H11N3O2. The molecule has 0 atom stereocenters. The van der Waals surface area contributed by atoms with E-state index in [-0.39, 0.29) is 5.97 Å². The van der Waals surface area contributed by atoms with Crippen molar-refractivity contribution >= 4 is 5.97 Å². The number of rotatable bonds is 3. The van der Waals surface area contributed by atoms with Crippen molar-refractivity contribution in [3.05, 3.63) is 24.3 Å². The van der Waals surface area contributed by atoms with Crippen LogP contribution in [0.25, 0.3) is 0 Å². The summed E-state index contributed by atoms with van der Waals surface area (Å²) >= 11 is 0. The van der Waals surface area contributed by atoms with E-state index in [0.717, 1.165) is 0 Å². The summed E-state index contributed by atoms with van der Waals surface area (Å²) in [7, 11) is 1.36. The molecule has 0 aliphatic heterocycles. The second-order valence-electron chi connectivity index (χ2n) is 2.50. The van der Waals surface area contributed by atoms with Gasteiger partial charge in [-0.25, -0.2) is 14.5 Å². The molecule has 0 spiro atoms. The zero-order chi connectivity index (χ0) is 9.68. The van der Waals surface area contributed by atoms with E-state index in [1.54, 1.807) is 24.0 Å². The second-order valence-corrected chi connectivity index (χ2v) is 2.50. The molecule has 5 nitrogen and oxygen atoms in total. The van der Waals surface area contributed by atoms with Crippen LogP contribution in [0, 0.1) is 0 Å². The number of carbonyl (C=O) groups excluding carboxylic acids is 1. The molecule has 0 fully saturated rings. The van der Waals surface area contributed by atoms with Crippen LogP contribution in [-0.4, -0.2) is 27.8 Å². The van der Waals surface area contributed by atoms with E-state index >= 15 is 0 Å². The normalized spacial score (nSPS) is 11.4. The van der Waals surface area contributed by atoms with Gasteiger partial charge in [-0.3, -0.25) is 0 Å². The Bertz CT molecular complexity index is 303. The maximum absolute atomic E-state index is 10.9. The average Bonchev–Trinajstić information content (AvgIpc) is 2.65. The fourth-order valence-electron chi connectivity index (χ4n) is 0.802. The Balaban J connectivity index is 2.53. The van der Waals surface area contributed by atoms with E-state index in [9.17, 15) is 4.79 Å². The van der Waals surface area contributed by atoms with Gasteiger partial charge in [-0.05, 0) is 6.92 Å². The predicted molar refractivity (Wildman–Crippen MR) is 45.8 cm³/mol. The number of hydrogen-bond donors (Lipinski definition) is 0. The van der Waals surface area contributed by atoms with Crippen LogP contribution < -0.4 is 0 Å². The molecule has 1 heterocycles. The molecule has 0 aliphatic rings. The van der Waals surface area contributed by atoms with Crippen LogP contribution in [0.5, 0.6) is 0 Å². The lowest BCUT2D eigenvalue weighted by molar-refractivity contribution is -0.136. The number of aromatic nitrogens is 3. The van der Waals surface area contributed by atoms with Crippen molar-refractivity contribution < 1.29 is 9.53 Å². The molecule has 1 aromatic rings. The van der Waals surface area contributed by atoms with Gasteiger partial charge in [0.1, 0.15) is 12.7 Å². The fraction of sp³-hybridized carbons (Fsp3) is 0.375. The maximum Gasteiger partial charge on any atom is 0.333 e. The molecule has 13 heavy (non-hydrogen) atoms. The highest BCUT2D eigenvalue weighted by Gasteiger charge is 2.01. The van der Waals surface area contributed by atoms with Crippen molar-refractivity contribution in [2.24, 2.45) is 0 Å². The number of esters is 1. The molecule has 1 rings (SSSR count). The van der Waals surface area contributed by atoms with Crippen molar-refractivity contribution in [3.63, 3.8) is 0 Å². The fourth-order valence-corrected chi connectivity index (χ4v) is 0.802. The van der Waals surface area contributed by atoms with E-state index in [1.165, 1.54) is 13.4 Å². The van der Waals surface area contributed by atoms with Crippen LogP contribution >= 0.6 is 0 Å². The number of allylic oxidation sites excluding steroid dienone is 1. The van der Waals surface area contributed by atoms with Crippen LogP contribution in [0.2, 0.25) is 0 Å². The first-order valence-corrected chi connectivity index (χ1v) is 3.81. The minimum absolute atomic E-state index is 0.319. The van der Waals surface area contributed by atoms with Gasteiger partial charge in [0.2, 0.25) is 0 Å².